The molecule has 0 radical (unpaired) electrons. The Morgan fingerprint density at radius 3 is 2.11 bits per heavy atom. The molecule has 0 amide bonds. The van der Waals surface area contributed by atoms with E-state index in [9.17, 15) is 14.7 Å². The molecule has 98 valence electrons. The van der Waals surface area contributed by atoms with E-state index in [1.165, 1.54) is 26.0 Å². The second-order valence-electron chi connectivity index (χ2n) is 4.66. The fraction of sp³-hybridized carbons (Fsp3) is 0.429. The first-order valence-corrected chi connectivity index (χ1v) is 5.80. The molecule has 0 aromatic heterocycles. The number of carbonyl (C=O) groups excluding carboxylic acids is 2. The topological polar surface area (TPSA) is 63.6 Å². The van der Waals surface area contributed by atoms with Crippen molar-refractivity contribution >= 4 is 11.8 Å². The first kappa shape index (κ1) is 14.4. The van der Waals surface area contributed by atoms with Gasteiger partial charge in [0.15, 0.2) is 5.78 Å². The summed E-state index contributed by atoms with van der Waals surface area (Å²) in [6, 6.07) is 6.19. The van der Waals surface area contributed by atoms with Crippen molar-refractivity contribution < 1.29 is 19.4 Å². The Bertz CT molecular complexity index is 443. The lowest BCUT2D eigenvalue weighted by Gasteiger charge is -2.20. The second-order valence-corrected chi connectivity index (χ2v) is 4.66. The van der Waals surface area contributed by atoms with E-state index in [2.05, 4.69) is 0 Å². The van der Waals surface area contributed by atoms with E-state index in [1.807, 2.05) is 0 Å². The van der Waals surface area contributed by atoms with Crippen molar-refractivity contribution in [2.75, 3.05) is 0 Å². The number of hydrogen-bond acceptors (Lipinski definition) is 4. The summed E-state index contributed by atoms with van der Waals surface area (Å²) in [6.45, 7) is 6.29. The quantitative estimate of drug-likeness (QED) is 0.831. The number of rotatable bonds is 4. The fourth-order valence-electron chi connectivity index (χ4n) is 1.42. The van der Waals surface area contributed by atoms with Gasteiger partial charge in [0.2, 0.25) is 0 Å². The Hall–Kier alpha value is -1.68. The summed E-state index contributed by atoms with van der Waals surface area (Å²) in [4.78, 5) is 22.9. The molecule has 1 aromatic rings. The summed E-state index contributed by atoms with van der Waals surface area (Å²) in [5, 5.41) is 9.97. The van der Waals surface area contributed by atoms with Crippen LogP contribution in [-0.2, 0) is 15.1 Å². The minimum absolute atomic E-state index is 0.183. The number of Topliss-reactive ketones (excluding diaryl/α,β-unsaturated/α-hetero) is 1. The Kier molecular flexibility index (Phi) is 4.24. The molecule has 1 aromatic carbocycles. The minimum atomic E-state index is -1.53. The second kappa shape index (κ2) is 5.31. The zero-order valence-corrected chi connectivity index (χ0v) is 11.1. The number of benzene rings is 1. The number of carbonyl (C=O) groups is 2. The van der Waals surface area contributed by atoms with Gasteiger partial charge in [0.25, 0.3) is 0 Å². The monoisotopic (exact) mass is 250 g/mol. The molecule has 1 rings (SSSR count). The molecule has 0 saturated carbocycles. The molecule has 4 nitrogen and oxygen atoms in total. The SMILES string of the molecule is CC(=O)C(C)(O)c1ccc(C(=O)OC(C)C)cc1. The van der Waals surface area contributed by atoms with Gasteiger partial charge >= 0.3 is 5.97 Å². The third-order valence-electron chi connectivity index (χ3n) is 2.71. The van der Waals surface area contributed by atoms with E-state index in [0.29, 0.717) is 11.1 Å². The van der Waals surface area contributed by atoms with E-state index in [1.54, 1.807) is 26.0 Å². The van der Waals surface area contributed by atoms with Crippen molar-refractivity contribution in [3.8, 4) is 0 Å². The molecular weight excluding hydrogens is 232 g/mol. The highest BCUT2D eigenvalue weighted by Crippen LogP contribution is 2.22. The molecule has 0 spiro atoms. The third kappa shape index (κ3) is 3.17. The van der Waals surface area contributed by atoms with Gasteiger partial charge in [0.05, 0.1) is 11.7 Å². The molecule has 0 aliphatic rings. The van der Waals surface area contributed by atoms with Crippen molar-refractivity contribution in [3.05, 3.63) is 35.4 Å². The summed E-state index contributed by atoms with van der Waals surface area (Å²) in [5.41, 5.74) is -0.677. The maximum Gasteiger partial charge on any atom is 0.338 e. The van der Waals surface area contributed by atoms with Crippen LogP contribution in [-0.4, -0.2) is 23.0 Å². The van der Waals surface area contributed by atoms with Crippen LogP contribution in [0.2, 0.25) is 0 Å². The van der Waals surface area contributed by atoms with Crippen molar-refractivity contribution in [2.45, 2.75) is 39.4 Å². The molecule has 1 unspecified atom stereocenters. The van der Waals surface area contributed by atoms with Gasteiger partial charge in [-0.15, -0.1) is 0 Å². The van der Waals surface area contributed by atoms with Gasteiger partial charge in [-0.2, -0.15) is 0 Å². The van der Waals surface area contributed by atoms with Crippen LogP contribution in [0.5, 0.6) is 0 Å². The normalized spacial score (nSPS) is 14.1. The molecule has 1 atom stereocenters. The zero-order valence-electron chi connectivity index (χ0n) is 11.1. The molecule has 0 bridgehead atoms. The van der Waals surface area contributed by atoms with Crippen molar-refractivity contribution in [3.63, 3.8) is 0 Å². The number of ether oxygens (including phenoxy) is 1. The summed E-state index contributed by atoms with van der Waals surface area (Å²) in [6.07, 6.45) is -0.183. The highest BCUT2D eigenvalue weighted by atomic mass is 16.5. The summed E-state index contributed by atoms with van der Waals surface area (Å²) in [5.74, 6) is -0.765. The maximum absolute atomic E-state index is 11.6. The molecule has 0 saturated heterocycles. The highest BCUT2D eigenvalue weighted by molar-refractivity contribution is 5.90. The molecule has 4 heteroatoms. The number of ketones is 1. The van der Waals surface area contributed by atoms with Crippen molar-refractivity contribution in [2.24, 2.45) is 0 Å². The molecule has 0 aliphatic heterocycles. The molecule has 0 aliphatic carbocycles. The van der Waals surface area contributed by atoms with Crippen LogP contribution in [0.15, 0.2) is 24.3 Å². The summed E-state index contributed by atoms with van der Waals surface area (Å²) in [7, 11) is 0. The van der Waals surface area contributed by atoms with Crippen molar-refractivity contribution in [1.29, 1.82) is 0 Å². The molecule has 18 heavy (non-hydrogen) atoms. The Balaban J connectivity index is 2.93. The Morgan fingerprint density at radius 1 is 1.22 bits per heavy atom. The first-order valence-electron chi connectivity index (χ1n) is 5.80. The summed E-state index contributed by atoms with van der Waals surface area (Å²) >= 11 is 0. The van der Waals surface area contributed by atoms with Gasteiger partial charge < -0.3 is 9.84 Å². The Morgan fingerprint density at radius 2 is 1.72 bits per heavy atom. The third-order valence-corrected chi connectivity index (χ3v) is 2.71. The van der Waals surface area contributed by atoms with Crippen LogP contribution < -0.4 is 0 Å². The Labute approximate surface area is 107 Å². The van der Waals surface area contributed by atoms with Crippen LogP contribution >= 0.6 is 0 Å². The van der Waals surface area contributed by atoms with Crippen LogP contribution in [0.1, 0.15) is 43.6 Å². The van der Waals surface area contributed by atoms with E-state index in [-0.39, 0.29) is 11.9 Å². The fourth-order valence-corrected chi connectivity index (χ4v) is 1.42. The van der Waals surface area contributed by atoms with Gasteiger partial charge in [0, 0.05) is 0 Å². The van der Waals surface area contributed by atoms with Gasteiger partial charge in [0.1, 0.15) is 5.60 Å². The smallest absolute Gasteiger partial charge is 0.338 e. The predicted molar refractivity (Wildman–Crippen MR) is 67.2 cm³/mol. The largest absolute Gasteiger partial charge is 0.459 e. The lowest BCUT2D eigenvalue weighted by atomic mass is 9.92. The van der Waals surface area contributed by atoms with Crippen molar-refractivity contribution in [1.82, 2.24) is 0 Å². The highest BCUT2D eigenvalue weighted by Gasteiger charge is 2.28. The van der Waals surface area contributed by atoms with Crippen LogP contribution in [0.3, 0.4) is 0 Å². The first-order chi connectivity index (χ1) is 8.25. The van der Waals surface area contributed by atoms with Crippen LogP contribution in [0.4, 0.5) is 0 Å². The average Bonchev–Trinajstić information content (AvgIpc) is 2.28. The minimum Gasteiger partial charge on any atom is -0.459 e. The summed E-state index contributed by atoms with van der Waals surface area (Å²) < 4.78 is 5.04. The number of esters is 1. The van der Waals surface area contributed by atoms with Gasteiger partial charge in [-0.05, 0) is 45.4 Å². The van der Waals surface area contributed by atoms with Gasteiger partial charge in [-0.1, -0.05) is 12.1 Å². The molecule has 0 heterocycles. The lowest BCUT2D eigenvalue weighted by Crippen LogP contribution is -2.29. The van der Waals surface area contributed by atoms with E-state index < -0.39 is 11.6 Å². The zero-order chi connectivity index (χ0) is 13.9. The van der Waals surface area contributed by atoms with Crippen LogP contribution in [0, 0.1) is 0 Å². The average molecular weight is 250 g/mol. The van der Waals surface area contributed by atoms with Gasteiger partial charge in [-0.3, -0.25) is 4.79 Å². The van der Waals surface area contributed by atoms with E-state index >= 15 is 0 Å². The van der Waals surface area contributed by atoms with Crippen LogP contribution in [0.25, 0.3) is 0 Å². The standard InChI is InChI=1S/C14H18O4/c1-9(2)18-13(16)11-5-7-12(8-6-11)14(4,17)10(3)15/h5-9,17H,1-4H3. The predicted octanol–water partition coefficient (Wildman–Crippen LogP) is 2.05. The molecule has 1 N–H and O–H groups in total. The molecule has 0 fully saturated rings. The lowest BCUT2D eigenvalue weighted by molar-refractivity contribution is -0.134. The van der Waals surface area contributed by atoms with E-state index in [4.69, 9.17) is 4.74 Å². The molecular formula is C14H18O4. The maximum atomic E-state index is 11.6. The van der Waals surface area contributed by atoms with Gasteiger partial charge in [-0.25, -0.2) is 4.79 Å². The number of aliphatic hydroxyl groups is 1. The van der Waals surface area contributed by atoms with E-state index in [0.717, 1.165) is 0 Å². The number of hydrogen-bond donors (Lipinski definition) is 1.